The van der Waals surface area contributed by atoms with Crippen LogP contribution in [-0.2, 0) is 0 Å². The third kappa shape index (κ3) is 1.22. The van der Waals surface area contributed by atoms with Crippen molar-refractivity contribution in [2.75, 3.05) is 0 Å². The van der Waals surface area contributed by atoms with E-state index >= 15 is 0 Å². The fraction of sp³-hybridized carbons (Fsp3) is 0.250. The number of hydrogen-bond acceptors (Lipinski definition) is 1. The molecule has 0 unspecified atom stereocenters. The Morgan fingerprint density at radius 1 is 1.44 bits per heavy atom. The maximum Gasteiger partial charge on any atom is 0.451 e. The van der Waals surface area contributed by atoms with Gasteiger partial charge in [0.05, 0.1) is 6.20 Å². The van der Waals surface area contributed by atoms with Crippen LogP contribution in [0.4, 0.5) is 13.2 Å². The van der Waals surface area contributed by atoms with E-state index in [2.05, 4.69) is 10.3 Å². The first kappa shape index (κ1) is 6.12. The van der Waals surface area contributed by atoms with E-state index < -0.39 is 12.0 Å². The predicted molar refractivity (Wildman–Crippen MR) is 23.4 cm³/mol. The fourth-order valence-corrected chi connectivity index (χ4v) is 0.345. The van der Waals surface area contributed by atoms with Crippen molar-refractivity contribution in [1.82, 2.24) is 5.32 Å². The van der Waals surface area contributed by atoms with Gasteiger partial charge in [0.2, 0.25) is 5.84 Å². The summed E-state index contributed by atoms with van der Waals surface area (Å²) >= 11 is 0. The molecule has 0 bridgehead atoms. The van der Waals surface area contributed by atoms with E-state index in [9.17, 15) is 13.2 Å². The molecule has 0 aromatic rings. The van der Waals surface area contributed by atoms with Crippen molar-refractivity contribution in [3.8, 4) is 0 Å². The van der Waals surface area contributed by atoms with Gasteiger partial charge in [-0.2, -0.15) is 13.2 Å². The summed E-state index contributed by atoms with van der Waals surface area (Å²) in [4.78, 5) is 2.90. The smallest absolute Gasteiger partial charge is 0.231 e. The number of hydrogen-bond donors (Lipinski definition) is 0. The van der Waals surface area contributed by atoms with E-state index in [0.717, 1.165) is 6.20 Å². The summed E-state index contributed by atoms with van der Waals surface area (Å²) in [5.41, 5.74) is 0. The van der Waals surface area contributed by atoms with Gasteiger partial charge in [-0.3, -0.25) is 0 Å². The van der Waals surface area contributed by atoms with Gasteiger partial charge in [-0.25, -0.2) is 10.3 Å². The predicted octanol–water partition coefficient (Wildman–Crippen LogP) is 0.840. The molecule has 1 rings (SSSR count). The molecule has 1 aliphatic rings. The Morgan fingerprint density at radius 2 is 2.11 bits per heavy atom. The van der Waals surface area contributed by atoms with Gasteiger partial charge < -0.3 is 0 Å². The molecule has 0 aromatic carbocycles. The van der Waals surface area contributed by atoms with Crippen LogP contribution in [0.3, 0.4) is 0 Å². The lowest BCUT2D eigenvalue weighted by Gasteiger charge is -2.01. The Kier molecular flexibility index (Phi) is 1.19. The Morgan fingerprint density at radius 3 is 2.33 bits per heavy atom. The SMILES string of the molecule is FC(F)(F)C1=NC=[C][N]1. The third-order valence-electron chi connectivity index (χ3n) is 0.669. The van der Waals surface area contributed by atoms with Crippen LogP contribution in [-0.4, -0.2) is 12.0 Å². The quantitative estimate of drug-likeness (QED) is 0.469. The van der Waals surface area contributed by atoms with E-state index in [0.29, 0.717) is 0 Å². The van der Waals surface area contributed by atoms with Gasteiger partial charge in [-0.1, -0.05) is 0 Å². The highest BCUT2D eigenvalue weighted by atomic mass is 19.4. The molecule has 0 aliphatic carbocycles. The highest BCUT2D eigenvalue weighted by molar-refractivity contribution is 5.89. The Hall–Kier alpha value is -1.00. The minimum atomic E-state index is -4.43. The highest BCUT2D eigenvalue weighted by Gasteiger charge is 2.37. The first-order valence-electron chi connectivity index (χ1n) is 2.03. The minimum Gasteiger partial charge on any atom is -0.231 e. The average Bonchev–Trinajstić information content (AvgIpc) is 2.08. The first-order valence-corrected chi connectivity index (χ1v) is 2.03. The zero-order chi connectivity index (χ0) is 6.91. The molecule has 5 heteroatoms. The van der Waals surface area contributed by atoms with Crippen molar-refractivity contribution < 1.29 is 13.2 Å². The van der Waals surface area contributed by atoms with Crippen molar-refractivity contribution in [3.63, 3.8) is 0 Å². The molecule has 0 saturated carbocycles. The van der Waals surface area contributed by atoms with E-state index in [-0.39, 0.29) is 0 Å². The summed E-state index contributed by atoms with van der Waals surface area (Å²) in [6, 6.07) is 0. The molecule has 0 N–H and O–H groups in total. The van der Waals surface area contributed by atoms with Gasteiger partial charge in [-0.15, -0.1) is 0 Å². The van der Waals surface area contributed by atoms with Crippen LogP contribution in [0.25, 0.3) is 0 Å². The molecule has 0 amide bonds. The Bertz CT molecular complexity index is 167. The van der Waals surface area contributed by atoms with Gasteiger partial charge >= 0.3 is 6.18 Å². The third-order valence-corrected chi connectivity index (χ3v) is 0.669. The molecule has 0 aromatic heterocycles. The van der Waals surface area contributed by atoms with Crippen LogP contribution in [0.2, 0.25) is 0 Å². The molecular weight excluding hydrogens is 133 g/mol. The van der Waals surface area contributed by atoms with Crippen LogP contribution >= 0.6 is 0 Å². The van der Waals surface area contributed by atoms with Gasteiger partial charge in [0, 0.05) is 0 Å². The number of nitrogens with zero attached hydrogens (tertiary/aromatic N) is 2. The molecule has 1 heterocycles. The lowest BCUT2D eigenvalue weighted by Crippen LogP contribution is -2.27. The zero-order valence-electron chi connectivity index (χ0n) is 4.11. The second-order valence-electron chi connectivity index (χ2n) is 1.32. The second-order valence-corrected chi connectivity index (χ2v) is 1.32. The van der Waals surface area contributed by atoms with Crippen molar-refractivity contribution >= 4 is 5.84 Å². The molecule has 0 fully saturated rings. The number of amidine groups is 1. The van der Waals surface area contributed by atoms with Gasteiger partial charge in [0.1, 0.15) is 6.20 Å². The van der Waals surface area contributed by atoms with E-state index in [1.54, 1.807) is 0 Å². The maximum absolute atomic E-state index is 11.5. The maximum atomic E-state index is 11.5. The Labute approximate surface area is 49.1 Å². The van der Waals surface area contributed by atoms with E-state index in [4.69, 9.17) is 0 Å². The second kappa shape index (κ2) is 1.75. The van der Waals surface area contributed by atoms with Crippen LogP contribution in [0.15, 0.2) is 11.2 Å². The number of rotatable bonds is 0. The standard InChI is InChI=1S/C4HF3N2/c5-4(6,7)3-8-1-2-9-3/h1H. The molecule has 2 nitrogen and oxygen atoms in total. The molecule has 2 radical (unpaired) electrons. The van der Waals surface area contributed by atoms with Crippen LogP contribution < -0.4 is 5.32 Å². The van der Waals surface area contributed by atoms with E-state index in [1.807, 2.05) is 6.20 Å². The van der Waals surface area contributed by atoms with Crippen LogP contribution in [0, 0.1) is 6.20 Å². The highest BCUT2D eigenvalue weighted by Crippen LogP contribution is 2.17. The summed E-state index contributed by atoms with van der Waals surface area (Å²) in [5.74, 6) is -1.14. The summed E-state index contributed by atoms with van der Waals surface area (Å²) < 4.78 is 34.4. The molecule has 48 valence electrons. The van der Waals surface area contributed by atoms with E-state index in [1.165, 1.54) is 0 Å². The lowest BCUT2D eigenvalue weighted by molar-refractivity contribution is -0.0610. The number of alkyl halides is 3. The lowest BCUT2D eigenvalue weighted by atomic mass is 10.6. The van der Waals surface area contributed by atoms with Crippen LogP contribution in [0.5, 0.6) is 0 Å². The average molecular weight is 134 g/mol. The van der Waals surface area contributed by atoms with Gasteiger partial charge in [-0.05, 0) is 0 Å². The molecule has 1 aliphatic heterocycles. The molecular formula is C4HF3N2. The van der Waals surface area contributed by atoms with Crippen LogP contribution in [0.1, 0.15) is 0 Å². The first-order chi connectivity index (χ1) is 4.11. The van der Waals surface area contributed by atoms with Crippen molar-refractivity contribution in [2.24, 2.45) is 4.99 Å². The Balaban J connectivity index is 2.66. The number of halogens is 3. The van der Waals surface area contributed by atoms with Gasteiger partial charge in [0.25, 0.3) is 0 Å². The zero-order valence-corrected chi connectivity index (χ0v) is 4.11. The topological polar surface area (TPSA) is 26.5 Å². The minimum absolute atomic E-state index is 0.878. The molecule has 0 atom stereocenters. The fourth-order valence-electron chi connectivity index (χ4n) is 0.345. The normalized spacial score (nSPS) is 17.4. The van der Waals surface area contributed by atoms with Crippen molar-refractivity contribution in [2.45, 2.75) is 6.18 Å². The monoisotopic (exact) mass is 134 g/mol. The largest absolute Gasteiger partial charge is 0.451 e. The molecule has 0 spiro atoms. The summed E-state index contributed by atoms with van der Waals surface area (Å²) in [5, 5.41) is 2.83. The summed E-state index contributed by atoms with van der Waals surface area (Å²) in [7, 11) is 0. The van der Waals surface area contributed by atoms with Gasteiger partial charge in [0.15, 0.2) is 0 Å². The van der Waals surface area contributed by atoms with Crippen molar-refractivity contribution in [3.05, 3.63) is 12.4 Å². The number of aliphatic imine (C=N–C) groups is 1. The molecule has 0 saturated heterocycles. The summed E-state index contributed by atoms with van der Waals surface area (Å²) in [6.07, 6.45) is -1.60. The molecule has 9 heavy (non-hydrogen) atoms. The summed E-state index contributed by atoms with van der Waals surface area (Å²) in [6.45, 7) is 0. The van der Waals surface area contributed by atoms with Crippen molar-refractivity contribution in [1.29, 1.82) is 0 Å².